The lowest BCUT2D eigenvalue weighted by atomic mass is 9.74. The van der Waals surface area contributed by atoms with Gasteiger partial charge in [0.1, 0.15) is 0 Å². The average molecular weight is 324 g/mol. The molecule has 1 aromatic carbocycles. The molecule has 1 atom stereocenters. The van der Waals surface area contributed by atoms with Gasteiger partial charge in [0.25, 0.3) is 0 Å². The smallest absolute Gasteiger partial charge is 0.311 e. The van der Waals surface area contributed by atoms with Gasteiger partial charge in [0, 0.05) is 25.5 Å². The third-order valence-corrected chi connectivity index (χ3v) is 5.06. The Balaban J connectivity index is 1.79. The standard InChI is InChI=1S/C20H24N2O2/c1-16-5-2-3-6-18(16)13-20(19(23)24)9-4-12-22(15-20)14-17-7-10-21-11-8-17/h2-3,5-8,10-11H,4,9,12-15H2,1H3,(H,23,24)/t20-/m1/s1. The molecular formula is C20H24N2O2. The Kier molecular flexibility index (Phi) is 4.95. The molecule has 1 aliphatic rings. The van der Waals surface area contributed by atoms with Crippen LogP contribution in [0.15, 0.2) is 48.8 Å². The summed E-state index contributed by atoms with van der Waals surface area (Å²) < 4.78 is 0. The molecule has 4 nitrogen and oxygen atoms in total. The van der Waals surface area contributed by atoms with E-state index >= 15 is 0 Å². The Hall–Kier alpha value is -2.20. The molecule has 1 aromatic heterocycles. The molecule has 0 aliphatic carbocycles. The molecule has 1 saturated heterocycles. The number of aryl methyl sites for hydroxylation is 1. The zero-order valence-corrected chi connectivity index (χ0v) is 14.1. The molecular weight excluding hydrogens is 300 g/mol. The number of carboxylic acid groups (broad SMARTS) is 1. The van der Waals surface area contributed by atoms with E-state index in [0.29, 0.717) is 13.0 Å². The molecule has 3 rings (SSSR count). The van der Waals surface area contributed by atoms with Gasteiger partial charge in [0.05, 0.1) is 5.41 Å². The van der Waals surface area contributed by atoms with Gasteiger partial charge < -0.3 is 5.11 Å². The van der Waals surface area contributed by atoms with E-state index in [1.165, 1.54) is 11.1 Å². The molecule has 1 fully saturated rings. The monoisotopic (exact) mass is 324 g/mol. The van der Waals surface area contributed by atoms with Crippen molar-refractivity contribution in [2.75, 3.05) is 13.1 Å². The zero-order valence-electron chi connectivity index (χ0n) is 14.1. The number of likely N-dealkylation sites (tertiary alicyclic amines) is 1. The van der Waals surface area contributed by atoms with E-state index in [1.807, 2.05) is 24.3 Å². The molecule has 2 aromatic rings. The van der Waals surface area contributed by atoms with Crippen LogP contribution < -0.4 is 0 Å². The molecule has 1 aliphatic heterocycles. The fourth-order valence-electron chi connectivity index (χ4n) is 3.68. The number of nitrogens with zero attached hydrogens (tertiary/aromatic N) is 2. The number of piperidine rings is 1. The summed E-state index contributed by atoms with van der Waals surface area (Å²) in [6, 6.07) is 12.1. The van der Waals surface area contributed by atoms with Crippen LogP contribution in [0.25, 0.3) is 0 Å². The van der Waals surface area contributed by atoms with Crippen molar-refractivity contribution in [3.8, 4) is 0 Å². The normalized spacial score (nSPS) is 21.5. The van der Waals surface area contributed by atoms with Crippen LogP contribution in [0.2, 0.25) is 0 Å². The van der Waals surface area contributed by atoms with Crippen molar-refractivity contribution in [2.45, 2.75) is 32.7 Å². The number of benzene rings is 1. The van der Waals surface area contributed by atoms with Gasteiger partial charge in [-0.05, 0) is 61.6 Å². The highest BCUT2D eigenvalue weighted by Gasteiger charge is 2.42. The van der Waals surface area contributed by atoms with Crippen LogP contribution in [-0.4, -0.2) is 34.0 Å². The van der Waals surface area contributed by atoms with Crippen molar-refractivity contribution in [3.63, 3.8) is 0 Å². The van der Waals surface area contributed by atoms with Gasteiger partial charge in [-0.15, -0.1) is 0 Å². The summed E-state index contributed by atoms with van der Waals surface area (Å²) >= 11 is 0. The minimum Gasteiger partial charge on any atom is -0.481 e. The average Bonchev–Trinajstić information content (AvgIpc) is 2.58. The maximum atomic E-state index is 12.2. The number of pyridine rings is 1. The van der Waals surface area contributed by atoms with Gasteiger partial charge in [-0.25, -0.2) is 0 Å². The molecule has 0 unspecified atom stereocenters. The van der Waals surface area contributed by atoms with Gasteiger partial charge in [-0.2, -0.15) is 0 Å². The Morgan fingerprint density at radius 2 is 2.00 bits per heavy atom. The predicted octanol–water partition coefficient (Wildman–Crippen LogP) is 3.30. The molecule has 0 radical (unpaired) electrons. The number of carboxylic acids is 1. The first-order valence-electron chi connectivity index (χ1n) is 8.48. The number of hydrogen-bond donors (Lipinski definition) is 1. The van der Waals surface area contributed by atoms with E-state index < -0.39 is 11.4 Å². The van der Waals surface area contributed by atoms with E-state index in [4.69, 9.17) is 0 Å². The first-order valence-corrected chi connectivity index (χ1v) is 8.48. The van der Waals surface area contributed by atoms with Crippen molar-refractivity contribution < 1.29 is 9.90 Å². The van der Waals surface area contributed by atoms with Crippen LogP contribution in [0.5, 0.6) is 0 Å². The topological polar surface area (TPSA) is 53.4 Å². The quantitative estimate of drug-likeness (QED) is 0.917. The first-order chi connectivity index (χ1) is 11.6. The van der Waals surface area contributed by atoms with E-state index in [2.05, 4.69) is 28.9 Å². The van der Waals surface area contributed by atoms with Crippen LogP contribution in [0.3, 0.4) is 0 Å². The van der Waals surface area contributed by atoms with Crippen molar-refractivity contribution in [2.24, 2.45) is 5.41 Å². The summed E-state index contributed by atoms with van der Waals surface area (Å²) in [5, 5.41) is 9.99. The van der Waals surface area contributed by atoms with Gasteiger partial charge in [0.15, 0.2) is 0 Å². The molecule has 1 N–H and O–H groups in total. The highest BCUT2D eigenvalue weighted by Crippen LogP contribution is 2.35. The maximum absolute atomic E-state index is 12.2. The van der Waals surface area contributed by atoms with Crippen LogP contribution in [0.4, 0.5) is 0 Å². The minimum atomic E-state index is -0.697. The molecule has 24 heavy (non-hydrogen) atoms. The predicted molar refractivity (Wildman–Crippen MR) is 93.7 cm³/mol. The fraction of sp³-hybridized carbons (Fsp3) is 0.400. The Morgan fingerprint density at radius 1 is 1.25 bits per heavy atom. The molecule has 2 heterocycles. The second-order valence-electron chi connectivity index (χ2n) is 6.86. The zero-order chi connectivity index (χ0) is 17.0. The van der Waals surface area contributed by atoms with Gasteiger partial charge in [-0.3, -0.25) is 14.7 Å². The van der Waals surface area contributed by atoms with Crippen molar-refractivity contribution in [1.82, 2.24) is 9.88 Å². The van der Waals surface area contributed by atoms with Crippen molar-refractivity contribution in [1.29, 1.82) is 0 Å². The Bertz CT molecular complexity index is 702. The second kappa shape index (κ2) is 7.14. The molecule has 0 bridgehead atoms. The van der Waals surface area contributed by atoms with Gasteiger partial charge >= 0.3 is 5.97 Å². The van der Waals surface area contributed by atoms with Crippen molar-refractivity contribution in [3.05, 3.63) is 65.5 Å². The van der Waals surface area contributed by atoms with Crippen LogP contribution in [0, 0.1) is 12.3 Å². The summed E-state index contributed by atoms with van der Waals surface area (Å²) in [4.78, 5) is 18.5. The second-order valence-corrected chi connectivity index (χ2v) is 6.86. The van der Waals surface area contributed by atoms with E-state index in [1.54, 1.807) is 12.4 Å². The van der Waals surface area contributed by atoms with E-state index in [0.717, 1.165) is 31.5 Å². The van der Waals surface area contributed by atoms with Gasteiger partial charge in [-0.1, -0.05) is 24.3 Å². The largest absolute Gasteiger partial charge is 0.481 e. The number of hydrogen-bond acceptors (Lipinski definition) is 3. The van der Waals surface area contributed by atoms with Crippen LogP contribution in [-0.2, 0) is 17.8 Å². The molecule has 0 amide bonds. The maximum Gasteiger partial charge on any atom is 0.311 e. The van der Waals surface area contributed by atoms with E-state index in [9.17, 15) is 9.90 Å². The lowest BCUT2D eigenvalue weighted by molar-refractivity contribution is -0.152. The first kappa shape index (κ1) is 16.7. The molecule has 0 spiro atoms. The highest BCUT2D eigenvalue weighted by molar-refractivity contribution is 5.75. The van der Waals surface area contributed by atoms with Crippen molar-refractivity contribution >= 4 is 5.97 Å². The van der Waals surface area contributed by atoms with Crippen LogP contribution >= 0.6 is 0 Å². The summed E-state index contributed by atoms with van der Waals surface area (Å²) in [6.45, 7) is 4.39. The summed E-state index contributed by atoms with van der Waals surface area (Å²) in [5.41, 5.74) is 2.80. The summed E-state index contributed by atoms with van der Waals surface area (Å²) in [7, 11) is 0. The molecule has 126 valence electrons. The lowest BCUT2D eigenvalue weighted by Crippen LogP contribution is -2.48. The van der Waals surface area contributed by atoms with E-state index in [-0.39, 0.29) is 0 Å². The fourth-order valence-corrected chi connectivity index (χ4v) is 3.68. The minimum absolute atomic E-state index is 0.596. The Morgan fingerprint density at radius 3 is 2.71 bits per heavy atom. The number of aromatic nitrogens is 1. The summed E-state index contributed by atoms with van der Waals surface area (Å²) in [5.74, 6) is -0.676. The van der Waals surface area contributed by atoms with Crippen LogP contribution in [0.1, 0.15) is 29.5 Å². The lowest BCUT2D eigenvalue weighted by Gasteiger charge is -2.40. The third-order valence-electron chi connectivity index (χ3n) is 5.06. The number of carbonyl (C=O) groups is 1. The third kappa shape index (κ3) is 3.65. The molecule has 4 heteroatoms. The van der Waals surface area contributed by atoms with Gasteiger partial charge in [0.2, 0.25) is 0 Å². The molecule has 0 saturated carbocycles. The Labute approximate surface area is 143 Å². The highest BCUT2D eigenvalue weighted by atomic mass is 16.4. The number of aliphatic carboxylic acids is 1. The number of rotatable bonds is 5. The summed E-state index contributed by atoms with van der Waals surface area (Å²) in [6.07, 6.45) is 5.84. The SMILES string of the molecule is Cc1ccccc1C[C@]1(C(=O)O)CCCN(Cc2ccncc2)C1.